The van der Waals surface area contributed by atoms with Crippen LogP contribution in [0.1, 0.15) is 20.8 Å². The minimum atomic E-state index is -0.596. The number of rotatable bonds is 5. The average molecular weight is 315 g/mol. The molecule has 100 valence electrons. The Labute approximate surface area is 116 Å². The first-order valence-corrected chi connectivity index (χ1v) is 6.60. The molecule has 0 heterocycles. The maximum absolute atomic E-state index is 12.1. The Hall–Kier alpha value is -1.07. The molecule has 1 rings (SSSR count). The summed E-state index contributed by atoms with van der Waals surface area (Å²) in [6.07, 6.45) is 0. The molecule has 4 nitrogen and oxygen atoms in total. The fourth-order valence-corrected chi connectivity index (χ4v) is 2.09. The van der Waals surface area contributed by atoms with Crippen molar-refractivity contribution in [2.75, 3.05) is 19.0 Å². The number of likely N-dealkylation sites (N-methyl/N-ethyl adjacent to an activating group) is 1. The van der Waals surface area contributed by atoms with Crippen molar-refractivity contribution in [2.45, 2.75) is 26.3 Å². The molecule has 1 amide bonds. The predicted octanol–water partition coefficient (Wildman–Crippen LogP) is 2.78. The van der Waals surface area contributed by atoms with Crippen LogP contribution in [0.2, 0.25) is 0 Å². The number of halogens is 1. The number of carbonyl (C=O) groups is 1. The largest absolute Gasteiger partial charge is 0.496 e. The summed E-state index contributed by atoms with van der Waals surface area (Å²) >= 11 is 3.39. The highest BCUT2D eigenvalue weighted by Gasteiger charge is 2.26. The van der Waals surface area contributed by atoms with E-state index in [0.29, 0.717) is 0 Å². The number of amides is 1. The molecule has 0 aliphatic rings. The second-order valence-corrected chi connectivity index (χ2v) is 5.31. The Morgan fingerprint density at radius 1 is 1.44 bits per heavy atom. The number of nitrogens with one attached hydrogen (secondary N) is 2. The van der Waals surface area contributed by atoms with Crippen molar-refractivity contribution in [1.29, 1.82) is 0 Å². The van der Waals surface area contributed by atoms with Gasteiger partial charge in [0.2, 0.25) is 5.91 Å². The number of carbonyl (C=O) groups excluding carboxylic acids is 1. The van der Waals surface area contributed by atoms with Crippen molar-refractivity contribution in [3.8, 4) is 5.75 Å². The van der Waals surface area contributed by atoms with E-state index in [9.17, 15) is 4.79 Å². The van der Waals surface area contributed by atoms with Gasteiger partial charge in [-0.25, -0.2) is 0 Å². The second kappa shape index (κ2) is 6.20. The maximum atomic E-state index is 12.1. The van der Waals surface area contributed by atoms with E-state index in [2.05, 4.69) is 26.6 Å². The van der Waals surface area contributed by atoms with Gasteiger partial charge in [0.1, 0.15) is 5.75 Å². The molecule has 0 saturated heterocycles. The zero-order valence-electron chi connectivity index (χ0n) is 11.1. The molecule has 0 bridgehead atoms. The van der Waals surface area contributed by atoms with Gasteiger partial charge in [-0.1, -0.05) is 6.92 Å². The zero-order chi connectivity index (χ0) is 13.8. The minimum absolute atomic E-state index is 0.0681. The van der Waals surface area contributed by atoms with Crippen LogP contribution >= 0.6 is 15.9 Å². The Kier molecular flexibility index (Phi) is 5.16. The third kappa shape index (κ3) is 3.71. The van der Waals surface area contributed by atoms with Crippen LogP contribution in [-0.2, 0) is 4.79 Å². The van der Waals surface area contributed by atoms with Crippen LogP contribution < -0.4 is 15.4 Å². The predicted molar refractivity (Wildman–Crippen MR) is 77.1 cm³/mol. The lowest BCUT2D eigenvalue weighted by molar-refractivity contribution is -0.121. The first-order valence-electron chi connectivity index (χ1n) is 5.80. The van der Waals surface area contributed by atoms with Gasteiger partial charge in [-0.05, 0) is 54.5 Å². The molecule has 1 aromatic rings. The lowest BCUT2D eigenvalue weighted by Gasteiger charge is -2.24. The van der Waals surface area contributed by atoms with E-state index < -0.39 is 5.54 Å². The Bertz CT molecular complexity index is 433. The van der Waals surface area contributed by atoms with E-state index in [1.807, 2.05) is 32.9 Å². The molecule has 0 fully saturated rings. The number of hydrogen-bond donors (Lipinski definition) is 2. The fourth-order valence-electron chi connectivity index (χ4n) is 1.55. The normalized spacial score (nSPS) is 11.2. The standard InChI is InChI=1S/C13H19BrN2O2/c1-5-15-13(2,3)12(17)16-9-6-7-11(18-4)10(14)8-9/h6-8,15H,5H2,1-4H3,(H,16,17). The molecule has 0 aliphatic heterocycles. The average Bonchev–Trinajstić information content (AvgIpc) is 2.29. The summed E-state index contributed by atoms with van der Waals surface area (Å²) in [6.45, 7) is 6.42. The van der Waals surface area contributed by atoms with E-state index in [-0.39, 0.29) is 5.91 Å². The van der Waals surface area contributed by atoms with Gasteiger partial charge in [-0.15, -0.1) is 0 Å². The Morgan fingerprint density at radius 3 is 2.61 bits per heavy atom. The molecule has 2 N–H and O–H groups in total. The van der Waals surface area contributed by atoms with Crippen LogP contribution in [0.5, 0.6) is 5.75 Å². The van der Waals surface area contributed by atoms with Gasteiger partial charge in [0.05, 0.1) is 17.1 Å². The summed E-state index contributed by atoms with van der Waals surface area (Å²) in [5.74, 6) is 0.667. The number of hydrogen-bond acceptors (Lipinski definition) is 3. The number of ether oxygens (including phenoxy) is 1. The lowest BCUT2D eigenvalue weighted by atomic mass is 10.0. The molecule has 5 heteroatoms. The second-order valence-electron chi connectivity index (χ2n) is 4.46. The van der Waals surface area contributed by atoms with Crippen molar-refractivity contribution in [3.63, 3.8) is 0 Å². The van der Waals surface area contributed by atoms with E-state index in [1.165, 1.54) is 0 Å². The topological polar surface area (TPSA) is 50.4 Å². The fraction of sp³-hybridized carbons (Fsp3) is 0.462. The summed E-state index contributed by atoms with van der Waals surface area (Å²) < 4.78 is 5.95. The summed E-state index contributed by atoms with van der Waals surface area (Å²) in [7, 11) is 1.60. The third-order valence-electron chi connectivity index (χ3n) is 2.60. The molecule has 0 radical (unpaired) electrons. The van der Waals surface area contributed by atoms with Crippen LogP contribution in [0.4, 0.5) is 5.69 Å². The monoisotopic (exact) mass is 314 g/mol. The molecule has 18 heavy (non-hydrogen) atoms. The van der Waals surface area contributed by atoms with Crippen molar-refractivity contribution in [1.82, 2.24) is 5.32 Å². The van der Waals surface area contributed by atoms with Gasteiger partial charge < -0.3 is 15.4 Å². The van der Waals surface area contributed by atoms with Crippen LogP contribution in [0.15, 0.2) is 22.7 Å². The lowest BCUT2D eigenvalue weighted by Crippen LogP contribution is -2.49. The van der Waals surface area contributed by atoms with E-state index >= 15 is 0 Å². The molecule has 0 spiro atoms. The van der Waals surface area contributed by atoms with Gasteiger partial charge in [-0.2, -0.15) is 0 Å². The van der Waals surface area contributed by atoms with Crippen molar-refractivity contribution < 1.29 is 9.53 Å². The maximum Gasteiger partial charge on any atom is 0.244 e. The molecular weight excluding hydrogens is 296 g/mol. The number of benzene rings is 1. The molecule has 0 aliphatic carbocycles. The number of anilines is 1. The first-order chi connectivity index (χ1) is 8.40. The number of methoxy groups -OCH3 is 1. The molecule has 0 atom stereocenters. The molecule has 1 aromatic carbocycles. The van der Waals surface area contributed by atoms with Crippen LogP contribution in [0, 0.1) is 0 Å². The highest BCUT2D eigenvalue weighted by atomic mass is 79.9. The first kappa shape index (κ1) is 15.0. The SMILES string of the molecule is CCNC(C)(C)C(=O)Nc1ccc(OC)c(Br)c1. The zero-order valence-corrected chi connectivity index (χ0v) is 12.7. The van der Waals surface area contributed by atoms with Gasteiger partial charge in [0, 0.05) is 5.69 Å². The third-order valence-corrected chi connectivity index (χ3v) is 3.22. The van der Waals surface area contributed by atoms with Gasteiger partial charge in [0.15, 0.2) is 0 Å². The Morgan fingerprint density at radius 2 is 2.11 bits per heavy atom. The highest BCUT2D eigenvalue weighted by Crippen LogP contribution is 2.28. The smallest absolute Gasteiger partial charge is 0.244 e. The summed E-state index contributed by atoms with van der Waals surface area (Å²) in [6, 6.07) is 5.43. The van der Waals surface area contributed by atoms with E-state index in [4.69, 9.17) is 4.74 Å². The van der Waals surface area contributed by atoms with Gasteiger partial charge >= 0.3 is 0 Å². The molecule has 0 saturated carbocycles. The van der Waals surface area contributed by atoms with Crippen molar-refractivity contribution >= 4 is 27.5 Å². The molecule has 0 aromatic heterocycles. The van der Waals surface area contributed by atoms with Gasteiger partial charge in [0.25, 0.3) is 0 Å². The minimum Gasteiger partial charge on any atom is -0.496 e. The Balaban J connectivity index is 2.79. The van der Waals surface area contributed by atoms with Crippen molar-refractivity contribution in [3.05, 3.63) is 22.7 Å². The summed E-state index contributed by atoms with van der Waals surface area (Å²) in [5, 5.41) is 6.00. The highest BCUT2D eigenvalue weighted by molar-refractivity contribution is 9.10. The van der Waals surface area contributed by atoms with E-state index in [1.54, 1.807) is 13.2 Å². The van der Waals surface area contributed by atoms with Gasteiger partial charge in [-0.3, -0.25) is 4.79 Å². The van der Waals surface area contributed by atoms with E-state index in [0.717, 1.165) is 22.5 Å². The summed E-state index contributed by atoms with van der Waals surface area (Å²) in [4.78, 5) is 12.1. The van der Waals surface area contributed by atoms with Crippen LogP contribution in [0.3, 0.4) is 0 Å². The van der Waals surface area contributed by atoms with Crippen LogP contribution in [0.25, 0.3) is 0 Å². The summed E-state index contributed by atoms with van der Waals surface area (Å²) in [5.41, 5.74) is 0.139. The molecule has 0 unspecified atom stereocenters. The molecular formula is C13H19BrN2O2. The van der Waals surface area contributed by atoms with Crippen molar-refractivity contribution in [2.24, 2.45) is 0 Å². The van der Waals surface area contributed by atoms with Crippen LogP contribution in [-0.4, -0.2) is 25.1 Å². The quantitative estimate of drug-likeness (QED) is 0.878.